The molecule has 1 aromatic heterocycles. The van der Waals surface area contributed by atoms with Crippen LogP contribution in [-0.4, -0.2) is 56.7 Å². The number of hydrogen-bond acceptors (Lipinski definition) is 5. The number of carbonyl (C=O) groups excluding carboxylic acids is 1. The Balaban J connectivity index is 2.54. The summed E-state index contributed by atoms with van der Waals surface area (Å²) >= 11 is 0. The number of ether oxygens (including phenoxy) is 1. The van der Waals surface area contributed by atoms with E-state index in [1.807, 2.05) is 0 Å². The number of sulfonamides is 1. The van der Waals surface area contributed by atoms with Gasteiger partial charge in [-0.25, -0.2) is 8.42 Å². The second kappa shape index (κ2) is 8.71. The molecule has 118 valence electrons. The van der Waals surface area contributed by atoms with Crippen LogP contribution < -0.4 is 5.32 Å². The molecule has 0 aliphatic heterocycles. The van der Waals surface area contributed by atoms with E-state index in [9.17, 15) is 13.2 Å². The largest absolute Gasteiger partial charge is 0.383 e. The molecular weight excluding hydrogens is 294 g/mol. The van der Waals surface area contributed by atoms with Gasteiger partial charge in [-0.05, 0) is 11.6 Å². The van der Waals surface area contributed by atoms with Gasteiger partial charge < -0.3 is 10.1 Å². The van der Waals surface area contributed by atoms with Crippen LogP contribution in [0.1, 0.15) is 12.0 Å². The monoisotopic (exact) mass is 315 g/mol. The Kier molecular flexibility index (Phi) is 7.27. The zero-order valence-corrected chi connectivity index (χ0v) is 13.1. The Morgan fingerprint density at radius 1 is 1.48 bits per heavy atom. The lowest BCUT2D eigenvalue weighted by molar-refractivity contribution is -0.121. The summed E-state index contributed by atoms with van der Waals surface area (Å²) in [4.78, 5) is 15.6. The molecule has 0 saturated heterocycles. The molecule has 1 aromatic rings. The number of methoxy groups -OCH3 is 1. The Labute approximate surface area is 125 Å². The first kappa shape index (κ1) is 17.5. The van der Waals surface area contributed by atoms with E-state index in [0.29, 0.717) is 13.2 Å². The molecular formula is C13H21N3O4S. The van der Waals surface area contributed by atoms with Crippen molar-refractivity contribution in [2.45, 2.75) is 13.0 Å². The molecule has 0 atom stereocenters. The number of pyridine rings is 1. The van der Waals surface area contributed by atoms with Crippen molar-refractivity contribution >= 4 is 15.9 Å². The van der Waals surface area contributed by atoms with Gasteiger partial charge in [0.25, 0.3) is 0 Å². The molecule has 1 N–H and O–H groups in total. The van der Waals surface area contributed by atoms with Crippen LogP contribution in [0.4, 0.5) is 0 Å². The van der Waals surface area contributed by atoms with Crippen molar-refractivity contribution in [3.63, 3.8) is 0 Å². The summed E-state index contributed by atoms with van der Waals surface area (Å²) < 4.78 is 29.6. The first-order chi connectivity index (χ1) is 9.93. The van der Waals surface area contributed by atoms with Crippen LogP contribution in [-0.2, 0) is 26.1 Å². The lowest BCUT2D eigenvalue weighted by Gasteiger charge is -2.19. The number of nitrogens with zero attached hydrogens (tertiary/aromatic N) is 2. The van der Waals surface area contributed by atoms with Crippen LogP contribution in [0.5, 0.6) is 0 Å². The van der Waals surface area contributed by atoms with E-state index >= 15 is 0 Å². The van der Waals surface area contributed by atoms with E-state index in [2.05, 4.69) is 10.3 Å². The average Bonchev–Trinajstić information content (AvgIpc) is 2.43. The summed E-state index contributed by atoms with van der Waals surface area (Å²) in [5.41, 5.74) is 0.780. The van der Waals surface area contributed by atoms with Crippen LogP contribution >= 0.6 is 0 Å². The molecule has 1 heterocycles. The molecule has 7 nitrogen and oxygen atoms in total. The summed E-state index contributed by atoms with van der Waals surface area (Å²) in [5.74, 6) is -0.202. The third-order valence-corrected chi connectivity index (χ3v) is 4.02. The second-order valence-electron chi connectivity index (χ2n) is 4.55. The van der Waals surface area contributed by atoms with Crippen LogP contribution in [0.25, 0.3) is 0 Å². The van der Waals surface area contributed by atoms with Crippen molar-refractivity contribution in [3.8, 4) is 0 Å². The van der Waals surface area contributed by atoms with E-state index in [-0.39, 0.29) is 25.4 Å². The Morgan fingerprint density at radius 3 is 2.81 bits per heavy atom. The number of rotatable bonds is 9. The summed E-state index contributed by atoms with van der Waals surface area (Å²) in [6.45, 7) is 1.18. The van der Waals surface area contributed by atoms with Crippen molar-refractivity contribution in [1.82, 2.24) is 14.6 Å². The highest BCUT2D eigenvalue weighted by atomic mass is 32.2. The standard InChI is InChI=1S/C13H21N3O4S/c1-20-9-7-15-13(17)5-8-16(21(2,18)19)11-12-4-3-6-14-10-12/h3-4,6,10H,5,7-9,11H2,1-2H3,(H,15,17). The van der Waals surface area contributed by atoms with Crippen molar-refractivity contribution in [1.29, 1.82) is 0 Å². The topological polar surface area (TPSA) is 88.6 Å². The summed E-state index contributed by atoms with van der Waals surface area (Å²) in [7, 11) is -1.84. The maximum atomic E-state index is 11.8. The molecule has 1 amide bonds. The van der Waals surface area contributed by atoms with Gasteiger partial charge in [0, 0.05) is 45.6 Å². The van der Waals surface area contributed by atoms with Gasteiger partial charge in [0.1, 0.15) is 0 Å². The minimum absolute atomic E-state index is 0.108. The van der Waals surface area contributed by atoms with E-state index < -0.39 is 10.0 Å². The number of nitrogens with one attached hydrogen (secondary N) is 1. The van der Waals surface area contributed by atoms with Gasteiger partial charge in [0.2, 0.25) is 15.9 Å². The maximum absolute atomic E-state index is 11.8. The third kappa shape index (κ3) is 7.16. The van der Waals surface area contributed by atoms with E-state index in [1.54, 1.807) is 31.6 Å². The molecule has 0 aromatic carbocycles. The summed E-state index contributed by atoms with van der Waals surface area (Å²) in [6, 6.07) is 3.54. The van der Waals surface area contributed by atoms with Gasteiger partial charge >= 0.3 is 0 Å². The first-order valence-corrected chi connectivity index (χ1v) is 8.38. The van der Waals surface area contributed by atoms with Crippen molar-refractivity contribution in [2.75, 3.05) is 33.1 Å². The predicted molar refractivity (Wildman–Crippen MR) is 79.0 cm³/mol. The molecule has 21 heavy (non-hydrogen) atoms. The highest BCUT2D eigenvalue weighted by Gasteiger charge is 2.18. The maximum Gasteiger partial charge on any atom is 0.221 e. The van der Waals surface area contributed by atoms with Gasteiger partial charge in [-0.15, -0.1) is 0 Å². The van der Waals surface area contributed by atoms with Gasteiger partial charge in [-0.2, -0.15) is 4.31 Å². The number of aromatic nitrogens is 1. The van der Waals surface area contributed by atoms with Gasteiger partial charge in [-0.3, -0.25) is 9.78 Å². The minimum atomic E-state index is -3.38. The highest BCUT2D eigenvalue weighted by Crippen LogP contribution is 2.08. The summed E-state index contributed by atoms with van der Waals surface area (Å²) in [5, 5.41) is 2.66. The van der Waals surface area contributed by atoms with E-state index in [4.69, 9.17) is 4.74 Å². The average molecular weight is 315 g/mol. The summed E-state index contributed by atoms with van der Waals surface area (Å²) in [6.07, 6.45) is 4.47. The fourth-order valence-electron chi connectivity index (χ4n) is 1.66. The Bertz CT molecular complexity index is 534. The van der Waals surface area contributed by atoms with Crippen LogP contribution in [0.3, 0.4) is 0 Å². The minimum Gasteiger partial charge on any atom is -0.383 e. The van der Waals surface area contributed by atoms with Gasteiger partial charge in [0.15, 0.2) is 0 Å². The Hall–Kier alpha value is -1.51. The van der Waals surface area contributed by atoms with Gasteiger partial charge in [-0.1, -0.05) is 6.07 Å². The molecule has 0 spiro atoms. The first-order valence-electron chi connectivity index (χ1n) is 6.53. The highest BCUT2D eigenvalue weighted by molar-refractivity contribution is 7.88. The van der Waals surface area contributed by atoms with Crippen molar-refractivity contribution in [3.05, 3.63) is 30.1 Å². The van der Waals surface area contributed by atoms with Gasteiger partial charge in [0.05, 0.1) is 12.9 Å². The molecule has 0 radical (unpaired) electrons. The number of amides is 1. The molecule has 0 bridgehead atoms. The lowest BCUT2D eigenvalue weighted by Crippen LogP contribution is -2.35. The molecule has 8 heteroatoms. The van der Waals surface area contributed by atoms with Crippen molar-refractivity contribution in [2.24, 2.45) is 0 Å². The molecule has 0 aliphatic rings. The smallest absolute Gasteiger partial charge is 0.221 e. The van der Waals surface area contributed by atoms with E-state index in [1.165, 1.54) is 4.31 Å². The van der Waals surface area contributed by atoms with Crippen LogP contribution in [0.2, 0.25) is 0 Å². The van der Waals surface area contributed by atoms with Crippen molar-refractivity contribution < 1.29 is 17.9 Å². The lowest BCUT2D eigenvalue weighted by atomic mass is 10.3. The molecule has 1 rings (SSSR count). The normalized spacial score (nSPS) is 11.6. The second-order valence-corrected chi connectivity index (χ2v) is 6.53. The molecule has 0 saturated carbocycles. The van der Waals surface area contributed by atoms with E-state index in [0.717, 1.165) is 11.8 Å². The number of carbonyl (C=O) groups is 1. The fourth-order valence-corrected chi connectivity index (χ4v) is 2.47. The van der Waals surface area contributed by atoms with Crippen LogP contribution in [0, 0.1) is 0 Å². The fraction of sp³-hybridized carbons (Fsp3) is 0.538. The predicted octanol–water partition coefficient (Wildman–Crippen LogP) is -0.00410. The third-order valence-electron chi connectivity index (χ3n) is 2.77. The molecule has 0 unspecified atom stereocenters. The molecule has 0 fully saturated rings. The number of hydrogen-bond donors (Lipinski definition) is 1. The quantitative estimate of drug-likeness (QED) is 0.648. The zero-order valence-electron chi connectivity index (χ0n) is 12.3. The zero-order chi connectivity index (χ0) is 15.7. The molecule has 0 aliphatic carbocycles. The Morgan fingerprint density at radius 2 is 2.24 bits per heavy atom. The SMILES string of the molecule is COCCNC(=O)CCN(Cc1cccnc1)S(C)(=O)=O. The van der Waals surface area contributed by atoms with Crippen LogP contribution in [0.15, 0.2) is 24.5 Å².